The van der Waals surface area contributed by atoms with Crippen molar-refractivity contribution in [3.8, 4) is 11.5 Å². The molecule has 35 heavy (non-hydrogen) atoms. The molecule has 0 atom stereocenters. The number of thioether (sulfide) groups is 1. The van der Waals surface area contributed by atoms with Crippen molar-refractivity contribution in [3.05, 3.63) is 93.1 Å². The molecule has 1 saturated heterocycles. The summed E-state index contributed by atoms with van der Waals surface area (Å²) in [6.07, 6.45) is 1.61. The van der Waals surface area contributed by atoms with Gasteiger partial charge in [-0.05, 0) is 48.0 Å². The minimum Gasteiger partial charge on any atom is -0.493 e. The van der Waals surface area contributed by atoms with Gasteiger partial charge in [0.2, 0.25) is 0 Å². The van der Waals surface area contributed by atoms with Gasteiger partial charge in [-0.3, -0.25) is 9.69 Å². The average molecular weight is 530 g/mol. The Balaban J connectivity index is 1.59. The van der Waals surface area contributed by atoms with Crippen LogP contribution >= 0.6 is 35.6 Å². The molecule has 0 unspecified atom stereocenters. The van der Waals surface area contributed by atoms with Gasteiger partial charge in [-0.15, -0.1) is 0 Å². The minimum absolute atomic E-state index is 0.0445. The number of aromatic carboxylic acids is 1. The van der Waals surface area contributed by atoms with E-state index in [1.807, 2.05) is 0 Å². The van der Waals surface area contributed by atoms with Gasteiger partial charge in [0.25, 0.3) is 5.91 Å². The van der Waals surface area contributed by atoms with Crippen LogP contribution in [0.15, 0.2) is 65.6 Å². The fourth-order valence-electron chi connectivity index (χ4n) is 3.35. The number of amides is 1. The van der Waals surface area contributed by atoms with Gasteiger partial charge in [-0.25, -0.2) is 9.18 Å². The van der Waals surface area contributed by atoms with Gasteiger partial charge in [-0.1, -0.05) is 59.8 Å². The van der Waals surface area contributed by atoms with Crippen molar-refractivity contribution in [2.45, 2.75) is 6.61 Å². The topological polar surface area (TPSA) is 76.1 Å². The van der Waals surface area contributed by atoms with Crippen molar-refractivity contribution in [1.29, 1.82) is 0 Å². The van der Waals surface area contributed by atoms with E-state index in [4.69, 9.17) is 33.3 Å². The first-order chi connectivity index (χ1) is 16.8. The summed E-state index contributed by atoms with van der Waals surface area (Å²) in [5, 5.41) is 9.46. The number of nitrogens with zero attached hydrogens (tertiary/aromatic N) is 1. The standard InChI is InChI=1S/C25H17ClFNO5S2/c1-32-20-10-14(9-18(26)22(20)33-13-16-5-2-3-8-19(16)27)11-21-23(29)28(25(34)35-21)17-7-4-6-15(12-17)24(30)31/h2-12H,13H2,1H3,(H,30,31)/b21-11-. The number of thiocarbonyl (C=S) groups is 1. The summed E-state index contributed by atoms with van der Waals surface area (Å²) in [6, 6.07) is 15.5. The molecule has 0 aromatic heterocycles. The van der Waals surface area contributed by atoms with E-state index in [0.29, 0.717) is 27.5 Å². The predicted molar refractivity (Wildman–Crippen MR) is 138 cm³/mol. The molecule has 1 N–H and O–H groups in total. The van der Waals surface area contributed by atoms with E-state index < -0.39 is 17.7 Å². The zero-order valence-corrected chi connectivity index (χ0v) is 20.5. The highest BCUT2D eigenvalue weighted by Gasteiger charge is 2.33. The highest BCUT2D eigenvalue weighted by atomic mass is 35.5. The molecule has 3 aromatic carbocycles. The SMILES string of the molecule is COc1cc(/C=C2\SC(=S)N(c3cccc(C(=O)O)c3)C2=O)cc(Cl)c1OCc1ccccc1F. The van der Waals surface area contributed by atoms with Crippen LogP contribution in [0.3, 0.4) is 0 Å². The molecule has 178 valence electrons. The van der Waals surface area contributed by atoms with Crippen LogP contribution in [-0.4, -0.2) is 28.4 Å². The number of hydrogen-bond acceptors (Lipinski definition) is 6. The molecule has 6 nitrogen and oxygen atoms in total. The van der Waals surface area contributed by atoms with E-state index >= 15 is 0 Å². The van der Waals surface area contributed by atoms with Gasteiger partial charge in [-0.2, -0.15) is 0 Å². The fourth-order valence-corrected chi connectivity index (χ4v) is 4.92. The molecule has 0 bridgehead atoms. The molecule has 1 aliphatic rings. The highest BCUT2D eigenvalue weighted by Crippen LogP contribution is 2.40. The van der Waals surface area contributed by atoms with Crippen LogP contribution in [0.1, 0.15) is 21.5 Å². The van der Waals surface area contributed by atoms with E-state index in [2.05, 4.69) is 0 Å². The Morgan fingerprint density at radius 1 is 1.20 bits per heavy atom. The Morgan fingerprint density at radius 2 is 1.97 bits per heavy atom. The molecule has 0 radical (unpaired) electrons. The molecule has 10 heteroatoms. The Hall–Kier alpha value is -3.40. The number of carboxylic acids is 1. The van der Waals surface area contributed by atoms with Gasteiger partial charge in [0.15, 0.2) is 15.8 Å². The molecule has 1 amide bonds. The number of methoxy groups -OCH3 is 1. The molecule has 0 aliphatic carbocycles. The third-order valence-corrected chi connectivity index (χ3v) is 6.61. The minimum atomic E-state index is -1.10. The van der Waals surface area contributed by atoms with E-state index in [1.165, 1.54) is 30.2 Å². The summed E-state index contributed by atoms with van der Waals surface area (Å²) < 4.78 is 25.3. The first-order valence-corrected chi connectivity index (χ1v) is 11.7. The second-order valence-corrected chi connectivity index (χ2v) is 9.37. The van der Waals surface area contributed by atoms with E-state index in [9.17, 15) is 19.1 Å². The molecule has 0 saturated carbocycles. The highest BCUT2D eigenvalue weighted by molar-refractivity contribution is 8.27. The predicted octanol–water partition coefficient (Wildman–Crippen LogP) is 6.17. The van der Waals surface area contributed by atoms with E-state index in [0.717, 1.165) is 11.8 Å². The summed E-state index contributed by atoms with van der Waals surface area (Å²) in [5.74, 6) is -1.34. The van der Waals surface area contributed by atoms with Crippen LogP contribution in [0.2, 0.25) is 5.02 Å². The number of anilines is 1. The summed E-state index contributed by atoms with van der Waals surface area (Å²) in [6.45, 7) is -0.0455. The maximum atomic E-state index is 13.9. The van der Waals surface area contributed by atoms with Crippen molar-refractivity contribution in [2.75, 3.05) is 12.0 Å². The molecular formula is C25H17ClFNO5S2. The number of ether oxygens (including phenoxy) is 2. The first-order valence-electron chi connectivity index (χ1n) is 10.1. The van der Waals surface area contributed by atoms with Crippen LogP contribution in [0.25, 0.3) is 6.08 Å². The van der Waals surface area contributed by atoms with Gasteiger partial charge in [0, 0.05) is 5.56 Å². The van der Waals surface area contributed by atoms with Gasteiger partial charge >= 0.3 is 5.97 Å². The van der Waals surface area contributed by atoms with E-state index in [-0.39, 0.29) is 27.3 Å². The lowest BCUT2D eigenvalue weighted by Crippen LogP contribution is -2.27. The molecule has 1 heterocycles. The summed E-state index contributed by atoms with van der Waals surface area (Å²) >= 11 is 12.9. The second-order valence-electron chi connectivity index (χ2n) is 7.29. The molecule has 1 aliphatic heterocycles. The number of carbonyl (C=O) groups excluding carboxylic acids is 1. The van der Waals surface area contributed by atoms with Gasteiger partial charge in [0.1, 0.15) is 12.4 Å². The summed E-state index contributed by atoms with van der Waals surface area (Å²) in [4.78, 5) is 26.0. The van der Waals surface area contributed by atoms with Crippen LogP contribution in [0.4, 0.5) is 10.1 Å². The van der Waals surface area contributed by atoms with Crippen molar-refractivity contribution in [1.82, 2.24) is 0 Å². The fraction of sp³-hybridized carbons (Fsp3) is 0.0800. The number of rotatable bonds is 7. The third-order valence-electron chi connectivity index (χ3n) is 5.02. The van der Waals surface area contributed by atoms with Gasteiger partial charge < -0.3 is 14.6 Å². The normalized spacial score (nSPS) is 14.5. The largest absolute Gasteiger partial charge is 0.493 e. The molecule has 1 fully saturated rings. The zero-order valence-electron chi connectivity index (χ0n) is 18.2. The van der Waals surface area contributed by atoms with Crippen molar-refractivity contribution >= 4 is 63.5 Å². The smallest absolute Gasteiger partial charge is 0.335 e. The second kappa shape index (κ2) is 10.5. The quantitative estimate of drug-likeness (QED) is 0.290. The number of benzene rings is 3. The Kier molecular flexibility index (Phi) is 7.39. The van der Waals surface area contributed by atoms with Crippen molar-refractivity contribution in [3.63, 3.8) is 0 Å². The first kappa shape index (κ1) is 24.7. The molecular weight excluding hydrogens is 513 g/mol. The van der Waals surface area contributed by atoms with Crippen LogP contribution in [-0.2, 0) is 11.4 Å². The average Bonchev–Trinajstić information content (AvgIpc) is 3.11. The lowest BCUT2D eigenvalue weighted by molar-refractivity contribution is -0.113. The maximum Gasteiger partial charge on any atom is 0.335 e. The Morgan fingerprint density at radius 3 is 2.69 bits per heavy atom. The monoisotopic (exact) mass is 529 g/mol. The Bertz CT molecular complexity index is 1380. The number of carbonyl (C=O) groups is 2. The van der Waals surface area contributed by atoms with Crippen LogP contribution < -0.4 is 14.4 Å². The third kappa shape index (κ3) is 5.32. The van der Waals surface area contributed by atoms with Gasteiger partial charge in [0.05, 0.1) is 28.3 Å². The Labute approximate surface area is 214 Å². The van der Waals surface area contributed by atoms with Crippen molar-refractivity contribution in [2.24, 2.45) is 0 Å². The number of halogens is 2. The maximum absolute atomic E-state index is 13.9. The summed E-state index contributed by atoms with van der Waals surface area (Å²) in [7, 11) is 1.44. The molecule has 0 spiro atoms. The van der Waals surface area contributed by atoms with E-state index in [1.54, 1.807) is 48.5 Å². The number of hydrogen-bond donors (Lipinski definition) is 1. The molecule has 3 aromatic rings. The lowest BCUT2D eigenvalue weighted by atomic mass is 10.1. The molecule has 4 rings (SSSR count). The lowest BCUT2D eigenvalue weighted by Gasteiger charge is -2.15. The van der Waals surface area contributed by atoms with Crippen molar-refractivity contribution < 1.29 is 28.6 Å². The summed E-state index contributed by atoms with van der Waals surface area (Å²) in [5.41, 5.74) is 1.33. The van der Waals surface area contributed by atoms with Crippen LogP contribution in [0.5, 0.6) is 11.5 Å². The zero-order chi connectivity index (χ0) is 25.1. The van der Waals surface area contributed by atoms with Crippen LogP contribution in [0, 0.1) is 5.82 Å². The number of carboxylic acid groups (broad SMARTS) is 1.